The summed E-state index contributed by atoms with van der Waals surface area (Å²) >= 11 is 12.4. The maximum atomic E-state index is 13.3. The molecule has 1 aliphatic rings. The smallest absolute Gasteiger partial charge is 0.335 e. The Hall–Kier alpha value is -4.59. The number of benzene rings is 4. The highest BCUT2D eigenvalue weighted by Gasteiger charge is 2.36. The molecule has 1 aliphatic heterocycles. The molecule has 0 saturated carbocycles. The van der Waals surface area contributed by atoms with Crippen LogP contribution in [0.2, 0.25) is 10.0 Å². The van der Waals surface area contributed by atoms with E-state index in [-0.39, 0.29) is 11.3 Å². The Balaban J connectivity index is 1.29. The number of hydrogen-bond donors (Lipinski definition) is 1. The summed E-state index contributed by atoms with van der Waals surface area (Å²) in [4.78, 5) is 39.5. The van der Waals surface area contributed by atoms with E-state index >= 15 is 0 Å². The standard InChI is InChI=1S/C33H26Cl2N2O5/c1-20-13-21(2)15-24(14-20)19-42-30-12-5-23(17-29(30)35)16-28-31(38)36-33(40)37(32(28)39)26-8-10-27(11-9-26)41-18-22-3-6-25(34)7-4-22/h3-17H,18-19H2,1-2H3,(H,36,38,40)/b28-16+. The van der Waals surface area contributed by atoms with Crippen molar-refractivity contribution >= 4 is 52.8 Å². The van der Waals surface area contributed by atoms with Crippen molar-refractivity contribution in [2.24, 2.45) is 0 Å². The lowest BCUT2D eigenvalue weighted by molar-refractivity contribution is -0.122. The number of amides is 4. The van der Waals surface area contributed by atoms with Gasteiger partial charge in [0.25, 0.3) is 11.8 Å². The zero-order valence-corrected chi connectivity index (χ0v) is 24.3. The summed E-state index contributed by atoms with van der Waals surface area (Å²) in [5.41, 5.74) is 4.80. The molecule has 212 valence electrons. The number of hydrogen-bond acceptors (Lipinski definition) is 5. The Labute approximate surface area is 253 Å². The summed E-state index contributed by atoms with van der Waals surface area (Å²) in [7, 11) is 0. The maximum Gasteiger partial charge on any atom is 0.335 e. The zero-order valence-electron chi connectivity index (χ0n) is 22.8. The molecule has 4 amide bonds. The Morgan fingerprint density at radius 1 is 0.762 bits per heavy atom. The van der Waals surface area contributed by atoms with E-state index in [0.717, 1.165) is 27.2 Å². The van der Waals surface area contributed by atoms with Crippen LogP contribution in [0.25, 0.3) is 6.08 Å². The molecule has 9 heteroatoms. The molecule has 1 heterocycles. The van der Waals surface area contributed by atoms with Gasteiger partial charge in [-0.2, -0.15) is 0 Å². The van der Waals surface area contributed by atoms with E-state index in [1.54, 1.807) is 54.6 Å². The molecule has 0 spiro atoms. The number of rotatable bonds is 8. The van der Waals surface area contributed by atoms with Gasteiger partial charge in [-0.3, -0.25) is 14.9 Å². The second-order valence-corrected chi connectivity index (χ2v) is 10.7. The molecule has 4 aromatic carbocycles. The highest BCUT2D eigenvalue weighted by Crippen LogP contribution is 2.29. The normalized spacial score (nSPS) is 14.2. The zero-order chi connectivity index (χ0) is 29.8. The van der Waals surface area contributed by atoms with Crippen LogP contribution in [0.4, 0.5) is 10.5 Å². The Morgan fingerprint density at radius 2 is 1.43 bits per heavy atom. The van der Waals surface area contributed by atoms with Gasteiger partial charge in [0.15, 0.2) is 0 Å². The van der Waals surface area contributed by atoms with Gasteiger partial charge in [0.1, 0.15) is 30.3 Å². The minimum absolute atomic E-state index is 0.211. The van der Waals surface area contributed by atoms with Crippen molar-refractivity contribution in [3.8, 4) is 11.5 Å². The van der Waals surface area contributed by atoms with Gasteiger partial charge >= 0.3 is 6.03 Å². The fraction of sp³-hybridized carbons (Fsp3) is 0.121. The van der Waals surface area contributed by atoms with Crippen LogP contribution in [-0.4, -0.2) is 17.8 Å². The van der Waals surface area contributed by atoms with Gasteiger partial charge in [-0.25, -0.2) is 9.69 Å². The van der Waals surface area contributed by atoms with E-state index in [4.69, 9.17) is 32.7 Å². The summed E-state index contributed by atoms with van der Waals surface area (Å²) in [5, 5.41) is 3.18. The molecule has 1 saturated heterocycles. The van der Waals surface area contributed by atoms with Gasteiger partial charge < -0.3 is 9.47 Å². The molecular formula is C33H26Cl2N2O5. The molecule has 0 aromatic heterocycles. The van der Waals surface area contributed by atoms with Crippen molar-refractivity contribution in [2.75, 3.05) is 4.90 Å². The highest BCUT2D eigenvalue weighted by atomic mass is 35.5. The molecule has 0 radical (unpaired) electrons. The van der Waals surface area contributed by atoms with Crippen molar-refractivity contribution in [1.29, 1.82) is 0 Å². The molecule has 1 fully saturated rings. The van der Waals surface area contributed by atoms with Crippen LogP contribution in [0, 0.1) is 13.8 Å². The van der Waals surface area contributed by atoms with E-state index in [1.807, 2.05) is 38.1 Å². The number of anilines is 1. The second-order valence-electron chi connectivity index (χ2n) is 9.84. The monoisotopic (exact) mass is 600 g/mol. The third-order valence-electron chi connectivity index (χ3n) is 6.46. The van der Waals surface area contributed by atoms with Crippen LogP contribution in [0.15, 0.2) is 90.5 Å². The third-order valence-corrected chi connectivity index (χ3v) is 7.01. The summed E-state index contributed by atoms with van der Waals surface area (Å²) in [6.45, 7) is 4.71. The number of carbonyl (C=O) groups is 3. The van der Waals surface area contributed by atoms with Crippen LogP contribution >= 0.6 is 23.2 Å². The number of carbonyl (C=O) groups excluding carboxylic acids is 3. The van der Waals surface area contributed by atoms with Crippen LogP contribution < -0.4 is 19.7 Å². The van der Waals surface area contributed by atoms with Crippen molar-refractivity contribution in [2.45, 2.75) is 27.1 Å². The first-order valence-corrected chi connectivity index (χ1v) is 13.8. The van der Waals surface area contributed by atoms with E-state index in [0.29, 0.717) is 40.3 Å². The van der Waals surface area contributed by atoms with Crippen molar-refractivity contribution < 1.29 is 23.9 Å². The van der Waals surface area contributed by atoms with Crippen LogP contribution in [-0.2, 0) is 22.8 Å². The fourth-order valence-corrected chi connectivity index (χ4v) is 4.90. The lowest BCUT2D eigenvalue weighted by Crippen LogP contribution is -2.54. The average Bonchev–Trinajstić information content (AvgIpc) is 2.94. The number of aryl methyl sites for hydroxylation is 2. The molecule has 42 heavy (non-hydrogen) atoms. The van der Waals surface area contributed by atoms with Gasteiger partial charge in [-0.05, 0) is 85.1 Å². The van der Waals surface area contributed by atoms with E-state index < -0.39 is 17.8 Å². The number of ether oxygens (including phenoxy) is 2. The lowest BCUT2D eigenvalue weighted by Gasteiger charge is -2.26. The van der Waals surface area contributed by atoms with Gasteiger partial charge in [0.05, 0.1) is 10.7 Å². The van der Waals surface area contributed by atoms with E-state index in [1.165, 1.54) is 6.08 Å². The van der Waals surface area contributed by atoms with Crippen LogP contribution in [0.5, 0.6) is 11.5 Å². The summed E-state index contributed by atoms with van der Waals surface area (Å²) in [6, 6.07) is 24.0. The van der Waals surface area contributed by atoms with Crippen molar-refractivity contribution in [3.05, 3.63) is 128 Å². The van der Waals surface area contributed by atoms with Crippen LogP contribution in [0.3, 0.4) is 0 Å². The lowest BCUT2D eigenvalue weighted by atomic mass is 10.1. The first-order valence-electron chi connectivity index (χ1n) is 13.0. The number of halogens is 2. The SMILES string of the molecule is Cc1cc(C)cc(COc2ccc(/C=C3\C(=O)NC(=O)N(c4ccc(OCc5ccc(Cl)cc5)cc4)C3=O)cc2Cl)c1. The number of urea groups is 1. The Bertz CT molecular complexity index is 1680. The molecule has 4 aromatic rings. The van der Waals surface area contributed by atoms with Gasteiger partial charge in [0.2, 0.25) is 0 Å². The number of barbiturate groups is 1. The first-order chi connectivity index (χ1) is 20.2. The summed E-state index contributed by atoms with van der Waals surface area (Å²) in [6.07, 6.45) is 1.39. The van der Waals surface area contributed by atoms with Gasteiger partial charge in [0, 0.05) is 5.02 Å². The van der Waals surface area contributed by atoms with Crippen molar-refractivity contribution in [3.63, 3.8) is 0 Å². The molecule has 5 rings (SSSR count). The summed E-state index contributed by atoms with van der Waals surface area (Å²) in [5.74, 6) is -0.548. The Morgan fingerprint density at radius 3 is 2.10 bits per heavy atom. The first kappa shape index (κ1) is 28.9. The quantitative estimate of drug-likeness (QED) is 0.168. The number of imide groups is 2. The third kappa shape index (κ3) is 6.82. The number of nitrogens with one attached hydrogen (secondary N) is 1. The average molecular weight is 601 g/mol. The minimum atomic E-state index is -0.842. The molecule has 0 atom stereocenters. The predicted molar refractivity (Wildman–Crippen MR) is 163 cm³/mol. The topological polar surface area (TPSA) is 84.9 Å². The predicted octanol–water partition coefficient (Wildman–Crippen LogP) is 7.43. The van der Waals surface area contributed by atoms with Gasteiger partial charge in [-0.1, -0.05) is 70.7 Å². The molecule has 0 bridgehead atoms. The van der Waals surface area contributed by atoms with E-state index in [9.17, 15) is 14.4 Å². The number of nitrogens with zero attached hydrogens (tertiary/aromatic N) is 1. The molecule has 7 nitrogen and oxygen atoms in total. The minimum Gasteiger partial charge on any atom is -0.489 e. The van der Waals surface area contributed by atoms with Crippen LogP contribution in [0.1, 0.15) is 27.8 Å². The van der Waals surface area contributed by atoms with Gasteiger partial charge in [-0.15, -0.1) is 0 Å². The highest BCUT2D eigenvalue weighted by molar-refractivity contribution is 6.39. The molecule has 0 aliphatic carbocycles. The largest absolute Gasteiger partial charge is 0.489 e. The second kappa shape index (κ2) is 12.5. The maximum absolute atomic E-state index is 13.3. The van der Waals surface area contributed by atoms with E-state index in [2.05, 4.69) is 11.4 Å². The summed E-state index contributed by atoms with van der Waals surface area (Å²) < 4.78 is 11.7. The Kier molecular flexibility index (Phi) is 8.61. The van der Waals surface area contributed by atoms with Crippen molar-refractivity contribution in [1.82, 2.24) is 5.32 Å². The molecular weight excluding hydrogens is 575 g/mol. The molecule has 0 unspecified atom stereocenters. The fourth-order valence-electron chi connectivity index (χ4n) is 4.53. The molecule has 1 N–H and O–H groups in total.